The minimum Gasteiger partial charge on any atom is -0.466 e. The van der Waals surface area contributed by atoms with Crippen molar-refractivity contribution in [2.24, 2.45) is 0 Å². The molecule has 0 amide bonds. The maximum absolute atomic E-state index is 12.3. The molecule has 0 spiro atoms. The number of anilines is 1. The van der Waals surface area contributed by atoms with Gasteiger partial charge >= 0.3 is 5.97 Å². The maximum Gasteiger partial charge on any atom is 0.338 e. The van der Waals surface area contributed by atoms with Crippen LogP contribution in [0.3, 0.4) is 0 Å². The first-order valence-electron chi connectivity index (χ1n) is 7.01. The molecule has 1 aliphatic heterocycles. The second-order valence-corrected chi connectivity index (χ2v) is 5.19. The number of nitrogens with zero attached hydrogens (tertiary/aromatic N) is 4. The highest BCUT2D eigenvalue weighted by atomic mass is 16.5. The van der Waals surface area contributed by atoms with Crippen molar-refractivity contribution in [2.75, 3.05) is 12.4 Å². The predicted octanol–water partition coefficient (Wildman–Crippen LogP) is 1.88. The molecule has 4 rings (SSSR count). The number of rotatable bonds is 2. The molecule has 0 radical (unpaired) electrons. The SMILES string of the molecule is COC(=O)C1=C(C)Nc2nnnn2[C@@H]1c1cc2ccccc2o1. The Kier molecular flexibility index (Phi) is 2.90. The van der Waals surface area contributed by atoms with Crippen molar-refractivity contribution in [1.29, 1.82) is 0 Å². The molecule has 0 fully saturated rings. The number of benzene rings is 1. The average molecular weight is 311 g/mol. The number of aromatic nitrogens is 4. The van der Waals surface area contributed by atoms with Gasteiger partial charge in [0.25, 0.3) is 0 Å². The summed E-state index contributed by atoms with van der Waals surface area (Å²) in [6.07, 6.45) is 0. The van der Waals surface area contributed by atoms with Crippen LogP contribution in [-0.2, 0) is 9.53 Å². The van der Waals surface area contributed by atoms with E-state index in [0.29, 0.717) is 23.0 Å². The van der Waals surface area contributed by atoms with Gasteiger partial charge in [-0.05, 0) is 29.5 Å². The number of methoxy groups -OCH3 is 1. The first kappa shape index (κ1) is 13.5. The fourth-order valence-electron chi connectivity index (χ4n) is 2.79. The third-order valence-electron chi connectivity index (χ3n) is 3.83. The Morgan fingerprint density at radius 2 is 2.22 bits per heavy atom. The molecule has 1 aliphatic rings. The summed E-state index contributed by atoms with van der Waals surface area (Å²) in [5, 5.41) is 15.5. The van der Waals surface area contributed by atoms with Crippen LogP contribution in [0.1, 0.15) is 18.7 Å². The summed E-state index contributed by atoms with van der Waals surface area (Å²) >= 11 is 0. The molecule has 1 aromatic carbocycles. The van der Waals surface area contributed by atoms with Crippen LogP contribution in [0.2, 0.25) is 0 Å². The number of furan rings is 1. The average Bonchev–Trinajstić information content (AvgIpc) is 3.18. The Balaban J connectivity index is 1.94. The molecular weight excluding hydrogens is 298 g/mol. The van der Waals surface area contributed by atoms with Gasteiger partial charge in [-0.25, -0.2) is 4.79 Å². The minimum absolute atomic E-state index is 0.409. The number of carbonyl (C=O) groups excluding carboxylic acids is 1. The van der Waals surface area contributed by atoms with Crippen molar-refractivity contribution >= 4 is 22.9 Å². The van der Waals surface area contributed by atoms with E-state index >= 15 is 0 Å². The Hall–Kier alpha value is -3.16. The number of fused-ring (bicyclic) bond motifs is 2. The van der Waals surface area contributed by atoms with Crippen molar-refractivity contribution < 1.29 is 13.9 Å². The monoisotopic (exact) mass is 311 g/mol. The number of hydrogen-bond donors (Lipinski definition) is 1. The lowest BCUT2D eigenvalue weighted by molar-refractivity contribution is -0.136. The number of ether oxygens (including phenoxy) is 1. The van der Waals surface area contributed by atoms with Crippen LogP contribution in [0, 0.1) is 0 Å². The normalized spacial score (nSPS) is 17.0. The van der Waals surface area contributed by atoms with E-state index in [1.165, 1.54) is 11.8 Å². The van der Waals surface area contributed by atoms with Crippen LogP contribution in [0.5, 0.6) is 0 Å². The number of nitrogens with one attached hydrogen (secondary N) is 1. The minimum atomic E-state index is -0.582. The van der Waals surface area contributed by atoms with Gasteiger partial charge < -0.3 is 14.5 Å². The lowest BCUT2D eigenvalue weighted by atomic mass is 10.0. The van der Waals surface area contributed by atoms with Gasteiger partial charge in [0.1, 0.15) is 17.4 Å². The summed E-state index contributed by atoms with van der Waals surface area (Å²) in [6.45, 7) is 1.78. The lowest BCUT2D eigenvalue weighted by Gasteiger charge is -2.25. The first-order chi connectivity index (χ1) is 11.2. The van der Waals surface area contributed by atoms with Gasteiger partial charge in [0.15, 0.2) is 0 Å². The zero-order valence-corrected chi connectivity index (χ0v) is 12.5. The summed E-state index contributed by atoms with van der Waals surface area (Å²) in [4.78, 5) is 12.3. The fourth-order valence-corrected chi connectivity index (χ4v) is 2.79. The smallest absolute Gasteiger partial charge is 0.338 e. The van der Waals surface area contributed by atoms with Crippen molar-refractivity contribution in [2.45, 2.75) is 13.0 Å². The standard InChI is InChI=1S/C15H13N5O3/c1-8-12(14(21)22-2)13(20-15(16-8)17-18-19-20)11-7-9-5-3-4-6-10(9)23-11/h3-7,13H,1-2H3,(H,16,17,19)/t13-/m1/s1. The molecule has 23 heavy (non-hydrogen) atoms. The fraction of sp³-hybridized carbons (Fsp3) is 0.200. The van der Waals surface area contributed by atoms with E-state index in [0.717, 1.165) is 11.0 Å². The van der Waals surface area contributed by atoms with E-state index in [9.17, 15) is 4.79 Å². The zero-order chi connectivity index (χ0) is 16.0. The van der Waals surface area contributed by atoms with Gasteiger partial charge in [-0.15, -0.1) is 0 Å². The summed E-state index contributed by atoms with van der Waals surface area (Å²) in [7, 11) is 1.34. The van der Waals surface area contributed by atoms with Crippen LogP contribution >= 0.6 is 0 Å². The van der Waals surface area contributed by atoms with E-state index in [4.69, 9.17) is 9.15 Å². The van der Waals surface area contributed by atoms with Crippen LogP contribution < -0.4 is 5.32 Å². The van der Waals surface area contributed by atoms with E-state index in [1.807, 2.05) is 30.3 Å². The van der Waals surface area contributed by atoms with Crippen LogP contribution in [-0.4, -0.2) is 33.3 Å². The summed E-state index contributed by atoms with van der Waals surface area (Å²) < 4.78 is 12.3. The van der Waals surface area contributed by atoms with Crippen molar-refractivity contribution in [3.8, 4) is 0 Å². The van der Waals surface area contributed by atoms with Gasteiger partial charge in [-0.2, -0.15) is 4.68 Å². The Morgan fingerprint density at radius 1 is 1.39 bits per heavy atom. The molecule has 1 atom stereocenters. The number of tetrazole rings is 1. The molecule has 2 aromatic heterocycles. The number of para-hydroxylation sites is 1. The van der Waals surface area contributed by atoms with E-state index < -0.39 is 12.0 Å². The first-order valence-corrected chi connectivity index (χ1v) is 7.01. The van der Waals surface area contributed by atoms with Gasteiger partial charge in [0.05, 0.1) is 12.7 Å². The van der Waals surface area contributed by atoms with Gasteiger partial charge in [0, 0.05) is 11.1 Å². The highest BCUT2D eigenvalue weighted by Crippen LogP contribution is 2.37. The highest BCUT2D eigenvalue weighted by molar-refractivity contribution is 5.92. The molecule has 3 heterocycles. The van der Waals surface area contributed by atoms with E-state index in [1.54, 1.807) is 6.92 Å². The van der Waals surface area contributed by atoms with Crippen LogP contribution in [0.15, 0.2) is 46.0 Å². The Labute approximate surface area is 130 Å². The summed E-state index contributed by atoms with van der Waals surface area (Å²) in [5.74, 6) is 0.559. The quantitative estimate of drug-likeness (QED) is 0.722. The molecule has 1 N–H and O–H groups in total. The van der Waals surface area contributed by atoms with Crippen molar-refractivity contribution in [3.05, 3.63) is 47.4 Å². The largest absolute Gasteiger partial charge is 0.466 e. The molecule has 116 valence electrons. The number of hydrogen-bond acceptors (Lipinski definition) is 7. The highest BCUT2D eigenvalue weighted by Gasteiger charge is 2.36. The molecule has 0 bridgehead atoms. The van der Waals surface area contributed by atoms with E-state index in [2.05, 4.69) is 20.8 Å². The van der Waals surface area contributed by atoms with E-state index in [-0.39, 0.29) is 0 Å². The molecule has 0 saturated carbocycles. The zero-order valence-electron chi connectivity index (χ0n) is 12.5. The second-order valence-electron chi connectivity index (χ2n) is 5.19. The number of allylic oxidation sites excluding steroid dienone is 1. The molecule has 0 unspecified atom stereocenters. The van der Waals surface area contributed by atoms with Crippen molar-refractivity contribution in [1.82, 2.24) is 20.2 Å². The molecule has 0 saturated heterocycles. The molecule has 8 heteroatoms. The number of esters is 1. The van der Waals surface area contributed by atoms with Crippen LogP contribution in [0.25, 0.3) is 11.0 Å². The topological polar surface area (TPSA) is 95.1 Å². The third-order valence-corrected chi connectivity index (χ3v) is 3.83. The molecule has 3 aromatic rings. The van der Waals surface area contributed by atoms with Gasteiger partial charge in [-0.3, -0.25) is 0 Å². The molecular formula is C15H13N5O3. The number of carbonyl (C=O) groups is 1. The van der Waals surface area contributed by atoms with Gasteiger partial charge in [-0.1, -0.05) is 23.3 Å². The molecule has 8 nitrogen and oxygen atoms in total. The Morgan fingerprint density at radius 3 is 3.00 bits per heavy atom. The van der Waals surface area contributed by atoms with Crippen molar-refractivity contribution in [3.63, 3.8) is 0 Å². The summed E-state index contributed by atoms with van der Waals surface area (Å²) in [5.41, 5.74) is 1.77. The maximum atomic E-state index is 12.3. The lowest BCUT2D eigenvalue weighted by Crippen LogP contribution is -2.29. The van der Waals surface area contributed by atoms with Crippen LogP contribution in [0.4, 0.5) is 5.95 Å². The molecule has 0 aliphatic carbocycles. The third kappa shape index (κ3) is 1.99. The predicted molar refractivity (Wildman–Crippen MR) is 80.5 cm³/mol. The summed E-state index contributed by atoms with van der Waals surface area (Å²) in [6, 6.07) is 8.93. The Bertz CT molecular complexity index is 906. The van der Waals surface area contributed by atoms with Gasteiger partial charge in [0.2, 0.25) is 5.95 Å². The second kappa shape index (κ2) is 4.94.